The summed E-state index contributed by atoms with van der Waals surface area (Å²) in [4.78, 5) is 2.68. The van der Waals surface area contributed by atoms with Crippen molar-refractivity contribution in [3.63, 3.8) is 0 Å². The first kappa shape index (κ1) is 15.5. The molecule has 0 amide bonds. The molecule has 0 bridgehead atoms. The zero-order valence-corrected chi connectivity index (χ0v) is 14.6. The Hall–Kier alpha value is -0.380. The van der Waals surface area contributed by atoms with Crippen molar-refractivity contribution in [1.29, 1.82) is 0 Å². The first-order valence-corrected chi connectivity index (χ1v) is 9.28. The van der Waals surface area contributed by atoms with Crippen molar-refractivity contribution in [2.45, 2.75) is 51.1 Å². The minimum Gasteiger partial charge on any atom is -0.314 e. The Morgan fingerprint density at radius 2 is 2.00 bits per heavy atom. The van der Waals surface area contributed by atoms with E-state index in [1.54, 1.807) is 0 Å². The largest absolute Gasteiger partial charge is 0.314 e. The van der Waals surface area contributed by atoms with E-state index in [1.165, 1.54) is 61.8 Å². The Bertz CT molecular complexity index is 450. The monoisotopic (exact) mass is 350 g/mol. The lowest BCUT2D eigenvalue weighted by Crippen LogP contribution is -2.44. The third-order valence-electron chi connectivity index (χ3n) is 4.98. The lowest BCUT2D eigenvalue weighted by molar-refractivity contribution is 0.139. The van der Waals surface area contributed by atoms with Crippen LogP contribution in [0.2, 0.25) is 0 Å². The summed E-state index contributed by atoms with van der Waals surface area (Å²) in [5.41, 5.74) is 1.45. The Balaban J connectivity index is 1.53. The molecule has 1 saturated heterocycles. The van der Waals surface area contributed by atoms with Crippen LogP contribution in [0.25, 0.3) is 0 Å². The first-order valence-electron chi connectivity index (χ1n) is 8.49. The number of piperidine rings is 1. The average Bonchev–Trinajstić information content (AvgIpc) is 3.32. The Labute approximate surface area is 137 Å². The highest BCUT2D eigenvalue weighted by atomic mass is 79.9. The van der Waals surface area contributed by atoms with Crippen LogP contribution in [0.15, 0.2) is 28.7 Å². The van der Waals surface area contributed by atoms with Crippen LogP contribution < -0.4 is 5.32 Å². The molecule has 2 aliphatic rings. The molecule has 1 aliphatic carbocycles. The van der Waals surface area contributed by atoms with Crippen LogP contribution in [-0.4, -0.2) is 30.6 Å². The molecule has 116 valence electrons. The van der Waals surface area contributed by atoms with Crippen LogP contribution in [0.1, 0.15) is 50.6 Å². The highest BCUT2D eigenvalue weighted by Crippen LogP contribution is 2.30. The van der Waals surface area contributed by atoms with E-state index in [4.69, 9.17) is 0 Å². The number of hydrogen-bond donors (Lipinski definition) is 1. The molecular formula is C18H27BrN2. The molecule has 1 aromatic rings. The summed E-state index contributed by atoms with van der Waals surface area (Å²) in [6, 6.07) is 10.2. The predicted molar refractivity (Wildman–Crippen MR) is 92.5 cm³/mol. The van der Waals surface area contributed by atoms with Crippen molar-refractivity contribution >= 4 is 15.9 Å². The van der Waals surface area contributed by atoms with Crippen LogP contribution in [0.4, 0.5) is 0 Å². The number of likely N-dealkylation sites (tertiary alicyclic amines) is 1. The minimum absolute atomic E-state index is 0.576. The number of halogens is 1. The van der Waals surface area contributed by atoms with E-state index in [0.29, 0.717) is 6.04 Å². The number of hydrogen-bond acceptors (Lipinski definition) is 2. The Morgan fingerprint density at radius 1 is 1.24 bits per heavy atom. The maximum absolute atomic E-state index is 3.78. The van der Waals surface area contributed by atoms with Crippen molar-refractivity contribution < 1.29 is 0 Å². The third kappa shape index (κ3) is 4.30. The molecule has 1 atom stereocenters. The summed E-state index contributed by atoms with van der Waals surface area (Å²) in [7, 11) is 0. The standard InChI is InChI=1S/C18H27BrN2/c1-2-18(15-4-3-5-16(19)12-15)21-10-8-17(9-11-21)20-13-14-6-7-14/h3-5,12,14,17-18,20H,2,6-11,13H2,1H3. The number of rotatable bonds is 6. The predicted octanol–water partition coefficient (Wildman–Crippen LogP) is 4.36. The van der Waals surface area contributed by atoms with Gasteiger partial charge < -0.3 is 5.32 Å². The van der Waals surface area contributed by atoms with Gasteiger partial charge in [-0.25, -0.2) is 0 Å². The van der Waals surface area contributed by atoms with E-state index in [2.05, 4.69) is 57.3 Å². The quantitative estimate of drug-likeness (QED) is 0.819. The second-order valence-electron chi connectivity index (χ2n) is 6.64. The van der Waals surface area contributed by atoms with Gasteiger partial charge in [0.2, 0.25) is 0 Å². The molecule has 3 rings (SSSR count). The van der Waals surface area contributed by atoms with Crippen molar-refractivity contribution in [2.24, 2.45) is 5.92 Å². The van der Waals surface area contributed by atoms with Crippen LogP contribution in [0.5, 0.6) is 0 Å². The normalized spacial score (nSPS) is 22.4. The molecule has 2 nitrogen and oxygen atoms in total. The molecule has 0 spiro atoms. The van der Waals surface area contributed by atoms with Crippen LogP contribution in [-0.2, 0) is 0 Å². The smallest absolute Gasteiger partial charge is 0.0345 e. The van der Waals surface area contributed by atoms with E-state index in [0.717, 1.165) is 12.0 Å². The van der Waals surface area contributed by atoms with Crippen molar-refractivity contribution in [1.82, 2.24) is 10.2 Å². The van der Waals surface area contributed by atoms with Crippen LogP contribution in [0.3, 0.4) is 0 Å². The SMILES string of the molecule is CCC(c1cccc(Br)c1)N1CCC(NCC2CC2)CC1. The van der Waals surface area contributed by atoms with Gasteiger partial charge in [-0.1, -0.05) is 35.0 Å². The number of nitrogens with zero attached hydrogens (tertiary/aromatic N) is 1. The van der Waals surface area contributed by atoms with Gasteiger partial charge in [0.05, 0.1) is 0 Å². The molecule has 1 saturated carbocycles. The van der Waals surface area contributed by atoms with Gasteiger partial charge in [-0.05, 0) is 62.3 Å². The summed E-state index contributed by atoms with van der Waals surface area (Å²) < 4.78 is 1.19. The highest BCUT2D eigenvalue weighted by molar-refractivity contribution is 9.10. The zero-order chi connectivity index (χ0) is 14.7. The molecule has 1 aliphatic heterocycles. The molecule has 2 fully saturated rings. The van der Waals surface area contributed by atoms with Gasteiger partial charge in [0.25, 0.3) is 0 Å². The first-order chi connectivity index (χ1) is 10.3. The minimum atomic E-state index is 0.576. The maximum atomic E-state index is 3.78. The van der Waals surface area contributed by atoms with Gasteiger partial charge in [-0.3, -0.25) is 4.90 Å². The van der Waals surface area contributed by atoms with Crippen LogP contribution >= 0.6 is 15.9 Å². The van der Waals surface area contributed by atoms with Crippen LogP contribution in [0, 0.1) is 5.92 Å². The molecule has 1 N–H and O–H groups in total. The van der Waals surface area contributed by atoms with E-state index in [-0.39, 0.29) is 0 Å². The third-order valence-corrected chi connectivity index (χ3v) is 5.48. The summed E-state index contributed by atoms with van der Waals surface area (Å²) >= 11 is 3.60. The Kier molecular flexibility index (Phi) is 5.36. The molecular weight excluding hydrogens is 324 g/mol. The lowest BCUT2D eigenvalue weighted by atomic mass is 9.97. The second kappa shape index (κ2) is 7.26. The molecule has 1 heterocycles. The summed E-state index contributed by atoms with van der Waals surface area (Å²) in [5, 5.41) is 3.78. The molecule has 1 aromatic carbocycles. The van der Waals surface area contributed by atoms with E-state index < -0.39 is 0 Å². The fraction of sp³-hybridized carbons (Fsp3) is 0.667. The average molecular weight is 351 g/mol. The van der Waals surface area contributed by atoms with E-state index in [1.807, 2.05) is 0 Å². The van der Waals surface area contributed by atoms with E-state index in [9.17, 15) is 0 Å². The van der Waals surface area contributed by atoms with Gasteiger partial charge in [-0.15, -0.1) is 0 Å². The van der Waals surface area contributed by atoms with E-state index >= 15 is 0 Å². The topological polar surface area (TPSA) is 15.3 Å². The van der Waals surface area contributed by atoms with Crippen molar-refractivity contribution in [2.75, 3.05) is 19.6 Å². The second-order valence-corrected chi connectivity index (χ2v) is 7.56. The highest BCUT2D eigenvalue weighted by Gasteiger charge is 2.27. The van der Waals surface area contributed by atoms with Crippen molar-refractivity contribution in [3.05, 3.63) is 34.3 Å². The zero-order valence-electron chi connectivity index (χ0n) is 13.0. The van der Waals surface area contributed by atoms with Gasteiger partial charge in [0.15, 0.2) is 0 Å². The van der Waals surface area contributed by atoms with Crippen molar-refractivity contribution in [3.8, 4) is 0 Å². The fourth-order valence-corrected chi connectivity index (χ4v) is 3.91. The summed E-state index contributed by atoms with van der Waals surface area (Å²) in [5.74, 6) is 0.994. The van der Waals surface area contributed by atoms with Gasteiger partial charge >= 0.3 is 0 Å². The molecule has 1 unspecified atom stereocenters. The van der Waals surface area contributed by atoms with Gasteiger partial charge in [0.1, 0.15) is 0 Å². The van der Waals surface area contributed by atoms with Gasteiger partial charge in [-0.2, -0.15) is 0 Å². The van der Waals surface area contributed by atoms with Gasteiger partial charge in [0, 0.05) is 29.6 Å². The number of nitrogens with one attached hydrogen (secondary N) is 1. The molecule has 3 heteroatoms. The number of benzene rings is 1. The molecule has 21 heavy (non-hydrogen) atoms. The maximum Gasteiger partial charge on any atom is 0.0345 e. The Morgan fingerprint density at radius 3 is 2.62 bits per heavy atom. The summed E-state index contributed by atoms with van der Waals surface area (Å²) in [6.45, 7) is 6.03. The summed E-state index contributed by atoms with van der Waals surface area (Å²) in [6.07, 6.45) is 6.70. The fourth-order valence-electron chi connectivity index (χ4n) is 3.49. The lowest BCUT2D eigenvalue weighted by Gasteiger charge is -2.38. The molecule has 0 aromatic heterocycles. The molecule has 0 radical (unpaired) electrons.